The molecule has 0 N–H and O–H groups in total. The van der Waals surface area contributed by atoms with Gasteiger partial charge < -0.3 is 27.9 Å². The summed E-state index contributed by atoms with van der Waals surface area (Å²) in [7, 11) is 1.14. The van der Waals surface area contributed by atoms with Crippen LogP contribution in [0.15, 0.2) is 158 Å². The average molecular weight is 1490 g/mol. The maximum absolute atomic E-state index is 12.9. The summed E-state index contributed by atoms with van der Waals surface area (Å²) < 4.78 is 34.4. The molecule has 0 rings (SSSR count). The number of hydrogen-bond donors (Lipinski definition) is 0. The number of phosphoric ester groups is 1. The lowest BCUT2D eigenvalue weighted by atomic mass is 10.0. The number of carbonyl (C=O) groups is 2. The Balaban J connectivity index is 4.00. The fraction of sp³-hybridized carbons (Fsp3) is 0.708. The van der Waals surface area contributed by atoms with Crippen molar-refractivity contribution < 1.29 is 42.1 Å². The van der Waals surface area contributed by atoms with E-state index >= 15 is 0 Å². The largest absolute Gasteiger partial charge is 0.756 e. The van der Waals surface area contributed by atoms with E-state index in [0.717, 1.165) is 122 Å². The minimum absolute atomic E-state index is 0.0421. The average Bonchev–Trinajstić information content (AvgIpc) is 0.908. The number of hydrogen-bond acceptors (Lipinski definition) is 8. The number of esters is 2. The number of unbranched alkanes of at least 4 members (excludes halogenated alkanes) is 41. The van der Waals surface area contributed by atoms with Crippen molar-refractivity contribution in [3.05, 3.63) is 158 Å². The van der Waals surface area contributed by atoms with Crippen LogP contribution in [0.4, 0.5) is 0 Å². The number of phosphoric acid groups is 1. The second-order valence-electron chi connectivity index (χ2n) is 30.5. The zero-order valence-electron chi connectivity index (χ0n) is 69.6. The molecular formula is C96H166NO8P. The van der Waals surface area contributed by atoms with Gasteiger partial charge in [0.15, 0.2) is 6.10 Å². The summed E-state index contributed by atoms with van der Waals surface area (Å²) in [5.41, 5.74) is 0. The molecule has 0 aliphatic heterocycles. The van der Waals surface area contributed by atoms with Crippen molar-refractivity contribution in [2.45, 2.75) is 392 Å². The van der Waals surface area contributed by atoms with Crippen LogP contribution in [0.5, 0.6) is 0 Å². The van der Waals surface area contributed by atoms with Crippen LogP contribution in [0.25, 0.3) is 0 Å². The van der Waals surface area contributed by atoms with E-state index in [2.05, 4.69) is 172 Å². The van der Waals surface area contributed by atoms with Gasteiger partial charge in [-0.05, 0) is 128 Å². The molecular weight excluding hydrogens is 1330 g/mol. The van der Waals surface area contributed by atoms with E-state index < -0.39 is 26.5 Å². The van der Waals surface area contributed by atoms with Gasteiger partial charge >= 0.3 is 11.9 Å². The predicted octanol–water partition coefficient (Wildman–Crippen LogP) is 29.5. The number of ether oxygens (including phenoxy) is 2. The van der Waals surface area contributed by atoms with E-state index in [0.29, 0.717) is 17.4 Å². The molecule has 0 saturated carbocycles. The van der Waals surface area contributed by atoms with Crippen LogP contribution < -0.4 is 4.89 Å². The first-order valence-corrected chi connectivity index (χ1v) is 45.7. The Morgan fingerprint density at radius 3 is 0.811 bits per heavy atom. The van der Waals surface area contributed by atoms with Crippen molar-refractivity contribution in [2.75, 3.05) is 47.5 Å². The minimum atomic E-state index is -4.67. The SMILES string of the molecule is CC/C=C\C/C=C\C/C=C\C/C=C\C/C=C\C/C=C\C/C=C\C/C=C\C/C=C\C/C=C\C/C=C\C/C=C\CCCCCCC(=O)OC(COC(=O)CCCCCCCCCCCCCCCCCCCCCCCCCCCCCCC/C=C\CCCCCCCCCC)COP(=O)([O-])OCC[N+](C)(C)C. The maximum Gasteiger partial charge on any atom is 0.306 e. The fourth-order valence-electron chi connectivity index (χ4n) is 12.3. The first-order chi connectivity index (χ1) is 52.0. The Labute approximate surface area is 656 Å². The zero-order valence-corrected chi connectivity index (χ0v) is 70.5. The van der Waals surface area contributed by atoms with E-state index in [1.165, 1.54) is 231 Å². The molecule has 0 aromatic heterocycles. The minimum Gasteiger partial charge on any atom is -0.756 e. The molecule has 0 radical (unpaired) electrons. The second-order valence-corrected chi connectivity index (χ2v) is 31.9. The van der Waals surface area contributed by atoms with Gasteiger partial charge in [-0.1, -0.05) is 403 Å². The molecule has 106 heavy (non-hydrogen) atoms. The molecule has 0 aromatic rings. The van der Waals surface area contributed by atoms with Crippen LogP contribution >= 0.6 is 7.82 Å². The Morgan fingerprint density at radius 1 is 0.302 bits per heavy atom. The Bertz CT molecular complexity index is 2360. The van der Waals surface area contributed by atoms with E-state index in [9.17, 15) is 19.0 Å². The Morgan fingerprint density at radius 2 is 0.538 bits per heavy atom. The summed E-state index contributed by atoms with van der Waals surface area (Å²) >= 11 is 0. The normalized spacial score (nSPS) is 13.8. The Kier molecular flexibility index (Phi) is 81.2. The molecule has 0 saturated heterocycles. The molecule has 2 unspecified atom stereocenters. The van der Waals surface area contributed by atoms with E-state index in [1.807, 2.05) is 21.1 Å². The van der Waals surface area contributed by atoms with E-state index in [1.54, 1.807) is 0 Å². The van der Waals surface area contributed by atoms with Crippen LogP contribution in [-0.2, 0) is 32.7 Å². The molecule has 0 bridgehead atoms. The molecule has 0 fully saturated rings. The number of allylic oxidation sites excluding steroid dienone is 26. The molecule has 2 atom stereocenters. The number of nitrogens with zero attached hydrogens (tertiary/aromatic N) is 1. The van der Waals surface area contributed by atoms with Gasteiger partial charge in [-0.2, -0.15) is 0 Å². The summed E-state index contributed by atoms with van der Waals surface area (Å²) in [4.78, 5) is 38.2. The lowest BCUT2D eigenvalue weighted by Crippen LogP contribution is -2.37. The monoisotopic (exact) mass is 1490 g/mol. The summed E-state index contributed by atoms with van der Waals surface area (Å²) in [6, 6.07) is 0. The third-order valence-electron chi connectivity index (χ3n) is 19.0. The number of quaternary nitrogens is 1. The molecule has 0 heterocycles. The first kappa shape index (κ1) is 102. The molecule has 10 heteroatoms. The molecule has 0 aliphatic carbocycles. The van der Waals surface area contributed by atoms with Gasteiger partial charge in [0.05, 0.1) is 27.7 Å². The van der Waals surface area contributed by atoms with Crippen LogP contribution in [0.2, 0.25) is 0 Å². The van der Waals surface area contributed by atoms with Gasteiger partial charge in [0.2, 0.25) is 0 Å². The Hall–Kier alpha value is -4.37. The van der Waals surface area contributed by atoms with Crippen LogP contribution in [-0.4, -0.2) is 70.0 Å². The summed E-state index contributed by atoms with van der Waals surface area (Å²) in [5.74, 6) is -0.858. The highest BCUT2D eigenvalue weighted by Gasteiger charge is 2.22. The highest BCUT2D eigenvalue weighted by Crippen LogP contribution is 2.38. The number of rotatable bonds is 81. The van der Waals surface area contributed by atoms with Crippen molar-refractivity contribution in [3.63, 3.8) is 0 Å². The van der Waals surface area contributed by atoms with Gasteiger partial charge in [0.25, 0.3) is 7.82 Å². The van der Waals surface area contributed by atoms with Gasteiger partial charge in [0.1, 0.15) is 19.8 Å². The van der Waals surface area contributed by atoms with Crippen molar-refractivity contribution in [2.24, 2.45) is 0 Å². The van der Waals surface area contributed by atoms with Crippen molar-refractivity contribution in [3.8, 4) is 0 Å². The quantitative estimate of drug-likeness (QED) is 0.0195. The third-order valence-corrected chi connectivity index (χ3v) is 20.0. The predicted molar refractivity (Wildman–Crippen MR) is 461 cm³/mol. The van der Waals surface area contributed by atoms with Crippen LogP contribution in [0.1, 0.15) is 386 Å². The van der Waals surface area contributed by atoms with Gasteiger partial charge in [-0.25, -0.2) is 0 Å². The number of likely N-dealkylation sites (N-methyl/N-ethyl adjacent to an activating group) is 1. The van der Waals surface area contributed by atoms with Gasteiger partial charge in [0, 0.05) is 12.8 Å². The zero-order chi connectivity index (χ0) is 76.8. The smallest absolute Gasteiger partial charge is 0.306 e. The summed E-state index contributed by atoms with van der Waals surface area (Å²) in [6.07, 6.45) is 127. The molecule has 0 spiro atoms. The van der Waals surface area contributed by atoms with E-state index in [-0.39, 0.29) is 32.0 Å². The lowest BCUT2D eigenvalue weighted by Gasteiger charge is -2.28. The topological polar surface area (TPSA) is 111 Å². The molecule has 608 valence electrons. The summed E-state index contributed by atoms with van der Waals surface area (Å²) in [5, 5.41) is 0. The van der Waals surface area contributed by atoms with Crippen LogP contribution in [0, 0.1) is 0 Å². The fourth-order valence-corrected chi connectivity index (χ4v) is 13.1. The maximum atomic E-state index is 12.9. The van der Waals surface area contributed by atoms with Gasteiger partial charge in [-0.15, -0.1) is 0 Å². The first-order valence-electron chi connectivity index (χ1n) is 44.2. The number of carbonyl (C=O) groups excluding carboxylic acids is 2. The standard InChI is InChI=1S/C96H166NO8P/c1-6-8-10-12-14-16-18-20-22-24-26-28-30-32-34-36-38-40-42-44-46-48-50-52-54-56-58-60-62-64-66-68-70-72-74-76-78-80-82-84-86-88-95(98)102-92-94(93-104-106(100,101)103-91-90-97(3,4)5)105-96(99)89-87-85-83-81-79-77-75-73-71-69-67-65-63-61-59-57-55-53-51-49-47-45-43-41-39-37-35-33-31-29-27-25-23-21-19-17-15-13-11-9-7-2/h9,11,15,17,21,23-24,26-27,29,33,35,39,41,45,47,51,53,57,59,63,65,69,71,75,77,94H,6-8,10,12-14,16,18-20,22,25,28,30-32,34,36-38,40,42-44,46,48-50,52,54-56,58,60-62,64,66-68,70,72-74,76,78-93H2,1-5H3/b11-9-,17-15-,23-21-,26-24-,29-27-,35-33-,41-39-,47-45-,53-51-,59-57-,65-63-,71-69-,77-75-. The highest BCUT2D eigenvalue weighted by molar-refractivity contribution is 7.45. The summed E-state index contributed by atoms with van der Waals surface area (Å²) in [6.45, 7) is 4.12. The molecule has 0 aromatic carbocycles. The van der Waals surface area contributed by atoms with E-state index in [4.69, 9.17) is 18.5 Å². The highest BCUT2D eigenvalue weighted by atomic mass is 31.2. The van der Waals surface area contributed by atoms with Gasteiger partial charge in [-0.3, -0.25) is 14.2 Å². The van der Waals surface area contributed by atoms with Crippen LogP contribution in [0.3, 0.4) is 0 Å². The second kappa shape index (κ2) is 84.6. The molecule has 0 aliphatic rings. The van der Waals surface area contributed by atoms with Crippen molar-refractivity contribution >= 4 is 19.8 Å². The third kappa shape index (κ3) is 88.5. The van der Waals surface area contributed by atoms with Crippen molar-refractivity contribution in [1.29, 1.82) is 0 Å². The van der Waals surface area contributed by atoms with Crippen molar-refractivity contribution in [1.82, 2.24) is 0 Å². The molecule has 9 nitrogen and oxygen atoms in total. The lowest BCUT2D eigenvalue weighted by molar-refractivity contribution is -0.870. The molecule has 0 amide bonds.